The lowest BCUT2D eigenvalue weighted by molar-refractivity contribution is -0.146. The Labute approximate surface area is 95.4 Å². The molecule has 0 N–H and O–H groups in total. The van der Waals surface area contributed by atoms with E-state index in [1.165, 1.54) is 18.1 Å². The lowest BCUT2D eigenvalue weighted by atomic mass is 9.89. The predicted octanol–water partition coefficient (Wildman–Crippen LogP) is 2.12. The van der Waals surface area contributed by atoms with Crippen LogP contribution < -0.4 is 4.74 Å². The summed E-state index contributed by atoms with van der Waals surface area (Å²) in [5.74, 6) is 0.745. The van der Waals surface area contributed by atoms with Gasteiger partial charge in [0.25, 0.3) is 0 Å². The largest absolute Gasteiger partial charge is 0.496 e. The summed E-state index contributed by atoms with van der Waals surface area (Å²) in [6.07, 6.45) is 2.62. The topological polar surface area (TPSA) is 35.5 Å². The molecule has 2 rings (SSSR count). The summed E-state index contributed by atoms with van der Waals surface area (Å²) in [4.78, 5) is 10.9. The average Bonchev–Trinajstić information content (AvgIpc) is 2.27. The van der Waals surface area contributed by atoms with Gasteiger partial charge in [-0.25, -0.2) is 0 Å². The number of methoxy groups -OCH3 is 1. The van der Waals surface area contributed by atoms with Crippen molar-refractivity contribution in [1.82, 2.24) is 0 Å². The highest BCUT2D eigenvalue weighted by atomic mass is 16.5. The van der Waals surface area contributed by atoms with Crippen molar-refractivity contribution in [2.24, 2.45) is 0 Å². The van der Waals surface area contributed by atoms with Crippen LogP contribution in [0.25, 0.3) is 0 Å². The number of rotatable bonds is 2. The molecule has 0 saturated carbocycles. The van der Waals surface area contributed by atoms with Gasteiger partial charge in [-0.3, -0.25) is 4.79 Å². The predicted molar refractivity (Wildman–Crippen MR) is 60.6 cm³/mol. The number of fused-ring (bicyclic) bond motifs is 1. The first-order valence-electron chi connectivity index (χ1n) is 5.52. The van der Waals surface area contributed by atoms with Crippen LogP contribution in [0.2, 0.25) is 0 Å². The molecule has 0 bridgehead atoms. The number of hydrogen-bond acceptors (Lipinski definition) is 3. The fraction of sp³-hybridized carbons (Fsp3) is 0.462. The third-order valence-corrected chi connectivity index (χ3v) is 2.95. The smallest absolute Gasteiger partial charge is 0.302 e. The van der Waals surface area contributed by atoms with Crippen LogP contribution in [0.4, 0.5) is 0 Å². The van der Waals surface area contributed by atoms with Crippen molar-refractivity contribution >= 4 is 5.97 Å². The molecule has 1 unspecified atom stereocenters. The Kier molecular flexibility index (Phi) is 3.13. The van der Waals surface area contributed by atoms with Gasteiger partial charge in [0.15, 0.2) is 0 Å². The molecule has 1 aromatic rings. The molecule has 0 fully saturated rings. The molecule has 1 aromatic carbocycles. The molecule has 0 heterocycles. The lowest BCUT2D eigenvalue weighted by Gasteiger charge is -2.25. The molecule has 0 saturated heterocycles. The number of esters is 1. The lowest BCUT2D eigenvalue weighted by Crippen LogP contribution is -2.24. The number of carbonyl (C=O) groups excluding carboxylic acids is 1. The summed E-state index contributed by atoms with van der Waals surface area (Å²) < 4.78 is 10.6. The molecule has 0 amide bonds. The van der Waals surface area contributed by atoms with E-state index in [0.29, 0.717) is 0 Å². The standard InChI is InChI=1S/C13H16O3/c1-9(14)16-11-6-7-12-10(8-11)4-3-5-13(12)15-2/h3-5,11H,6-8H2,1-2H3. The molecule has 0 radical (unpaired) electrons. The average molecular weight is 220 g/mol. The minimum absolute atomic E-state index is 0.0251. The summed E-state index contributed by atoms with van der Waals surface area (Å²) in [7, 11) is 1.69. The first-order valence-corrected chi connectivity index (χ1v) is 5.52. The van der Waals surface area contributed by atoms with Crippen LogP contribution in [-0.4, -0.2) is 19.2 Å². The van der Waals surface area contributed by atoms with Crippen molar-refractivity contribution in [1.29, 1.82) is 0 Å². The fourth-order valence-corrected chi connectivity index (χ4v) is 2.27. The van der Waals surface area contributed by atoms with Gasteiger partial charge >= 0.3 is 5.97 Å². The van der Waals surface area contributed by atoms with E-state index in [1.807, 2.05) is 12.1 Å². The number of hydrogen-bond donors (Lipinski definition) is 0. The zero-order chi connectivity index (χ0) is 11.5. The summed E-state index contributed by atoms with van der Waals surface area (Å²) in [5, 5.41) is 0. The van der Waals surface area contributed by atoms with E-state index >= 15 is 0 Å². The molecule has 0 aliphatic heterocycles. The van der Waals surface area contributed by atoms with Crippen LogP contribution in [-0.2, 0) is 22.4 Å². The molecule has 86 valence electrons. The third kappa shape index (κ3) is 2.18. The van der Waals surface area contributed by atoms with Crippen molar-refractivity contribution in [3.63, 3.8) is 0 Å². The summed E-state index contributed by atoms with van der Waals surface area (Å²) in [6, 6.07) is 6.03. The van der Waals surface area contributed by atoms with Gasteiger partial charge in [-0.05, 0) is 30.0 Å². The quantitative estimate of drug-likeness (QED) is 0.716. The highest BCUT2D eigenvalue weighted by Crippen LogP contribution is 2.30. The maximum Gasteiger partial charge on any atom is 0.302 e. The molecule has 1 atom stereocenters. The molecule has 3 heteroatoms. The van der Waals surface area contributed by atoms with Gasteiger partial charge in [0.1, 0.15) is 11.9 Å². The monoisotopic (exact) mass is 220 g/mol. The zero-order valence-corrected chi connectivity index (χ0v) is 9.66. The Morgan fingerprint density at radius 2 is 2.25 bits per heavy atom. The van der Waals surface area contributed by atoms with Crippen LogP contribution in [0, 0.1) is 0 Å². The van der Waals surface area contributed by atoms with E-state index in [-0.39, 0.29) is 12.1 Å². The maximum atomic E-state index is 10.9. The molecular weight excluding hydrogens is 204 g/mol. The van der Waals surface area contributed by atoms with Crippen LogP contribution in [0.1, 0.15) is 24.5 Å². The van der Waals surface area contributed by atoms with Crippen LogP contribution >= 0.6 is 0 Å². The van der Waals surface area contributed by atoms with Gasteiger partial charge in [-0.15, -0.1) is 0 Å². The van der Waals surface area contributed by atoms with Gasteiger partial charge in [0, 0.05) is 13.3 Å². The van der Waals surface area contributed by atoms with E-state index in [1.54, 1.807) is 7.11 Å². The number of benzene rings is 1. The Balaban J connectivity index is 2.18. The summed E-state index contributed by atoms with van der Waals surface area (Å²) in [5.41, 5.74) is 2.49. The van der Waals surface area contributed by atoms with Crippen molar-refractivity contribution in [2.75, 3.05) is 7.11 Å². The molecule has 0 spiro atoms. The van der Waals surface area contributed by atoms with Gasteiger partial charge < -0.3 is 9.47 Å². The van der Waals surface area contributed by atoms with E-state index in [0.717, 1.165) is 25.0 Å². The van der Waals surface area contributed by atoms with Crippen molar-refractivity contribution < 1.29 is 14.3 Å². The third-order valence-electron chi connectivity index (χ3n) is 2.95. The van der Waals surface area contributed by atoms with Crippen LogP contribution in [0.15, 0.2) is 18.2 Å². The first kappa shape index (κ1) is 11.0. The minimum atomic E-state index is -0.198. The first-order chi connectivity index (χ1) is 7.70. The van der Waals surface area contributed by atoms with E-state index in [4.69, 9.17) is 9.47 Å². The van der Waals surface area contributed by atoms with E-state index in [2.05, 4.69) is 6.07 Å². The van der Waals surface area contributed by atoms with Crippen molar-refractivity contribution in [3.05, 3.63) is 29.3 Å². The van der Waals surface area contributed by atoms with Gasteiger partial charge in [-0.1, -0.05) is 12.1 Å². The molecular formula is C13H16O3. The highest BCUT2D eigenvalue weighted by Gasteiger charge is 2.22. The fourth-order valence-electron chi connectivity index (χ4n) is 2.27. The van der Waals surface area contributed by atoms with Crippen LogP contribution in [0.5, 0.6) is 5.75 Å². The Bertz CT molecular complexity index is 398. The second-order valence-electron chi connectivity index (χ2n) is 4.07. The molecule has 1 aliphatic carbocycles. The van der Waals surface area contributed by atoms with Crippen LogP contribution in [0.3, 0.4) is 0 Å². The number of carbonyl (C=O) groups is 1. The normalized spacial score (nSPS) is 18.8. The number of ether oxygens (including phenoxy) is 2. The zero-order valence-electron chi connectivity index (χ0n) is 9.66. The van der Waals surface area contributed by atoms with Crippen molar-refractivity contribution in [2.45, 2.75) is 32.3 Å². The van der Waals surface area contributed by atoms with E-state index in [9.17, 15) is 4.79 Å². The Morgan fingerprint density at radius 3 is 2.94 bits per heavy atom. The van der Waals surface area contributed by atoms with E-state index < -0.39 is 0 Å². The van der Waals surface area contributed by atoms with Gasteiger partial charge in [0.05, 0.1) is 7.11 Å². The maximum absolute atomic E-state index is 10.9. The summed E-state index contributed by atoms with van der Waals surface area (Å²) >= 11 is 0. The second-order valence-corrected chi connectivity index (χ2v) is 4.07. The summed E-state index contributed by atoms with van der Waals surface area (Å²) in [6.45, 7) is 1.46. The second kappa shape index (κ2) is 4.56. The molecule has 0 aromatic heterocycles. The SMILES string of the molecule is COc1cccc2c1CCC(OC(C)=O)C2. The molecule has 16 heavy (non-hydrogen) atoms. The van der Waals surface area contributed by atoms with Gasteiger partial charge in [-0.2, -0.15) is 0 Å². The highest BCUT2D eigenvalue weighted by molar-refractivity contribution is 5.66. The Hall–Kier alpha value is -1.51. The van der Waals surface area contributed by atoms with Gasteiger partial charge in [0.2, 0.25) is 0 Å². The Morgan fingerprint density at radius 1 is 1.44 bits per heavy atom. The molecule has 3 nitrogen and oxygen atoms in total. The molecule has 1 aliphatic rings. The van der Waals surface area contributed by atoms with Crippen molar-refractivity contribution in [3.8, 4) is 5.75 Å². The minimum Gasteiger partial charge on any atom is -0.496 e.